The molecule has 0 N–H and O–H groups in total. The van der Waals surface area contributed by atoms with Crippen molar-refractivity contribution in [3.05, 3.63) is 69.2 Å². The second-order valence-corrected chi connectivity index (χ2v) is 5.75. The Hall–Kier alpha value is -1.87. The van der Waals surface area contributed by atoms with Crippen LogP contribution in [0.2, 0.25) is 0 Å². The molecule has 0 saturated heterocycles. The standard InChI is InChI=1S/C17H13BrO2/c1-11-2-4-12(5-3-11)17(19)14-8-13-9-15(18)6-7-16(13)20-10-14/h2-9H,10H2,1H3. The lowest BCUT2D eigenvalue weighted by Gasteiger charge is -2.17. The monoisotopic (exact) mass is 328 g/mol. The van der Waals surface area contributed by atoms with E-state index in [4.69, 9.17) is 4.74 Å². The highest BCUT2D eigenvalue weighted by atomic mass is 79.9. The van der Waals surface area contributed by atoms with E-state index in [1.54, 1.807) is 0 Å². The number of hydrogen-bond donors (Lipinski definition) is 0. The van der Waals surface area contributed by atoms with Crippen LogP contribution in [-0.2, 0) is 0 Å². The fourth-order valence-corrected chi connectivity index (χ4v) is 2.55. The van der Waals surface area contributed by atoms with E-state index < -0.39 is 0 Å². The maximum Gasteiger partial charge on any atom is 0.192 e. The summed E-state index contributed by atoms with van der Waals surface area (Å²) in [4.78, 5) is 12.4. The molecule has 0 bridgehead atoms. The van der Waals surface area contributed by atoms with Gasteiger partial charge in [-0.1, -0.05) is 45.8 Å². The second kappa shape index (κ2) is 5.25. The molecular formula is C17H13BrO2. The molecule has 2 aromatic rings. The molecule has 0 spiro atoms. The Bertz CT molecular complexity index is 699. The number of aryl methyl sites for hydroxylation is 1. The normalized spacial score (nSPS) is 13.2. The van der Waals surface area contributed by atoms with Crippen LogP contribution in [0.5, 0.6) is 5.75 Å². The lowest BCUT2D eigenvalue weighted by molar-refractivity contribution is 0.102. The Morgan fingerprint density at radius 1 is 1.15 bits per heavy atom. The minimum atomic E-state index is 0.0237. The molecule has 0 unspecified atom stereocenters. The number of fused-ring (bicyclic) bond motifs is 1. The Morgan fingerprint density at radius 3 is 2.65 bits per heavy atom. The molecule has 0 fully saturated rings. The van der Waals surface area contributed by atoms with Gasteiger partial charge >= 0.3 is 0 Å². The van der Waals surface area contributed by atoms with Crippen LogP contribution in [0.15, 0.2) is 52.5 Å². The molecule has 3 rings (SSSR count). The molecule has 1 heterocycles. The minimum absolute atomic E-state index is 0.0237. The van der Waals surface area contributed by atoms with Gasteiger partial charge in [0.15, 0.2) is 5.78 Å². The molecule has 0 atom stereocenters. The van der Waals surface area contributed by atoms with Crippen molar-refractivity contribution in [1.29, 1.82) is 0 Å². The highest BCUT2D eigenvalue weighted by Crippen LogP contribution is 2.30. The van der Waals surface area contributed by atoms with Crippen LogP contribution in [0.4, 0.5) is 0 Å². The van der Waals surface area contributed by atoms with E-state index in [1.165, 1.54) is 0 Å². The van der Waals surface area contributed by atoms with Gasteiger partial charge in [-0.3, -0.25) is 4.79 Å². The SMILES string of the molecule is Cc1ccc(C(=O)C2=Cc3cc(Br)ccc3OC2)cc1. The Labute approximate surface area is 126 Å². The van der Waals surface area contributed by atoms with Crippen LogP contribution in [0, 0.1) is 6.92 Å². The number of halogens is 1. The van der Waals surface area contributed by atoms with E-state index in [1.807, 2.05) is 55.5 Å². The van der Waals surface area contributed by atoms with E-state index in [0.717, 1.165) is 21.3 Å². The summed E-state index contributed by atoms with van der Waals surface area (Å²) in [7, 11) is 0. The van der Waals surface area contributed by atoms with Crippen molar-refractivity contribution in [2.24, 2.45) is 0 Å². The van der Waals surface area contributed by atoms with Crippen molar-refractivity contribution in [1.82, 2.24) is 0 Å². The molecule has 0 saturated carbocycles. The van der Waals surface area contributed by atoms with Gasteiger partial charge < -0.3 is 4.74 Å². The number of hydrogen-bond acceptors (Lipinski definition) is 2. The number of ether oxygens (including phenoxy) is 1. The van der Waals surface area contributed by atoms with E-state index >= 15 is 0 Å². The first-order valence-electron chi connectivity index (χ1n) is 6.38. The highest BCUT2D eigenvalue weighted by Gasteiger charge is 2.18. The fraction of sp³-hybridized carbons (Fsp3) is 0.118. The number of benzene rings is 2. The molecular weight excluding hydrogens is 316 g/mol. The number of rotatable bonds is 2. The molecule has 1 aliphatic heterocycles. The molecule has 1 aliphatic rings. The molecule has 3 heteroatoms. The predicted molar refractivity (Wildman–Crippen MR) is 83.1 cm³/mol. The zero-order valence-electron chi connectivity index (χ0n) is 11.0. The van der Waals surface area contributed by atoms with Gasteiger partial charge in [-0.2, -0.15) is 0 Å². The number of ketones is 1. The predicted octanol–water partition coefficient (Wildman–Crippen LogP) is 4.42. The molecule has 100 valence electrons. The van der Waals surface area contributed by atoms with Crippen molar-refractivity contribution in [2.75, 3.05) is 6.61 Å². The third-order valence-electron chi connectivity index (χ3n) is 3.29. The van der Waals surface area contributed by atoms with Crippen molar-refractivity contribution < 1.29 is 9.53 Å². The van der Waals surface area contributed by atoms with Gasteiger partial charge in [-0.15, -0.1) is 0 Å². The molecule has 0 radical (unpaired) electrons. The molecule has 20 heavy (non-hydrogen) atoms. The van der Waals surface area contributed by atoms with Crippen molar-refractivity contribution in [3.63, 3.8) is 0 Å². The molecule has 0 amide bonds. The van der Waals surface area contributed by atoms with Gasteiger partial charge in [0.25, 0.3) is 0 Å². The third kappa shape index (κ3) is 2.54. The Morgan fingerprint density at radius 2 is 1.90 bits per heavy atom. The summed E-state index contributed by atoms with van der Waals surface area (Å²) in [5.74, 6) is 0.837. The average Bonchev–Trinajstić information content (AvgIpc) is 2.46. The van der Waals surface area contributed by atoms with Crippen molar-refractivity contribution in [2.45, 2.75) is 6.92 Å². The van der Waals surface area contributed by atoms with Crippen LogP contribution in [0.25, 0.3) is 6.08 Å². The summed E-state index contributed by atoms with van der Waals surface area (Å²) in [6.07, 6.45) is 1.91. The topological polar surface area (TPSA) is 26.3 Å². The summed E-state index contributed by atoms with van der Waals surface area (Å²) < 4.78 is 6.62. The number of carbonyl (C=O) groups excluding carboxylic acids is 1. The van der Waals surface area contributed by atoms with Crippen LogP contribution in [0.3, 0.4) is 0 Å². The summed E-state index contributed by atoms with van der Waals surface area (Å²) in [5, 5.41) is 0. The van der Waals surface area contributed by atoms with E-state index in [2.05, 4.69) is 15.9 Å². The van der Waals surface area contributed by atoms with Crippen LogP contribution in [-0.4, -0.2) is 12.4 Å². The molecule has 0 aliphatic carbocycles. The zero-order valence-corrected chi connectivity index (χ0v) is 12.6. The summed E-state index contributed by atoms with van der Waals surface area (Å²) in [6, 6.07) is 13.4. The summed E-state index contributed by atoms with van der Waals surface area (Å²) in [5.41, 5.74) is 3.45. The van der Waals surface area contributed by atoms with Crippen LogP contribution < -0.4 is 4.74 Å². The Kier molecular flexibility index (Phi) is 3.45. The van der Waals surface area contributed by atoms with E-state index in [-0.39, 0.29) is 5.78 Å². The van der Waals surface area contributed by atoms with Gasteiger partial charge in [-0.05, 0) is 31.2 Å². The van der Waals surface area contributed by atoms with Gasteiger partial charge in [0, 0.05) is 21.2 Å². The van der Waals surface area contributed by atoms with Gasteiger partial charge in [-0.25, -0.2) is 0 Å². The Balaban J connectivity index is 1.95. The van der Waals surface area contributed by atoms with Crippen molar-refractivity contribution in [3.8, 4) is 5.75 Å². The third-order valence-corrected chi connectivity index (χ3v) is 3.78. The lowest BCUT2D eigenvalue weighted by atomic mass is 9.99. The first-order chi connectivity index (χ1) is 9.63. The average molecular weight is 329 g/mol. The molecule has 2 aromatic carbocycles. The quantitative estimate of drug-likeness (QED) is 0.763. The highest BCUT2D eigenvalue weighted by molar-refractivity contribution is 9.10. The molecule has 2 nitrogen and oxygen atoms in total. The minimum Gasteiger partial charge on any atom is -0.488 e. The van der Waals surface area contributed by atoms with Gasteiger partial charge in [0.2, 0.25) is 0 Å². The smallest absolute Gasteiger partial charge is 0.192 e. The first kappa shape index (κ1) is 13.1. The second-order valence-electron chi connectivity index (χ2n) is 4.84. The maximum atomic E-state index is 12.4. The van der Waals surface area contributed by atoms with E-state index in [0.29, 0.717) is 17.7 Å². The lowest BCUT2D eigenvalue weighted by Crippen LogP contribution is -2.15. The maximum absolute atomic E-state index is 12.4. The van der Waals surface area contributed by atoms with Crippen LogP contribution >= 0.6 is 15.9 Å². The summed E-state index contributed by atoms with van der Waals surface area (Å²) >= 11 is 3.43. The zero-order chi connectivity index (χ0) is 14.1. The first-order valence-corrected chi connectivity index (χ1v) is 7.17. The van der Waals surface area contributed by atoms with Crippen molar-refractivity contribution >= 4 is 27.8 Å². The largest absolute Gasteiger partial charge is 0.488 e. The summed E-state index contributed by atoms with van der Waals surface area (Å²) in [6.45, 7) is 2.33. The van der Waals surface area contributed by atoms with Gasteiger partial charge in [0.05, 0.1) is 0 Å². The van der Waals surface area contributed by atoms with Gasteiger partial charge in [0.1, 0.15) is 12.4 Å². The van der Waals surface area contributed by atoms with Crippen LogP contribution in [0.1, 0.15) is 21.5 Å². The number of Topliss-reactive ketones (excluding diaryl/α,β-unsaturated/α-hetero) is 1. The molecule has 0 aromatic heterocycles. The van der Waals surface area contributed by atoms with E-state index in [9.17, 15) is 4.79 Å². The fourth-order valence-electron chi connectivity index (χ4n) is 2.17. The number of carbonyl (C=O) groups is 1.